The molecule has 2 aromatic carbocycles. The fraction of sp³-hybridized carbons (Fsp3) is 0.381. The van der Waals surface area contributed by atoms with Crippen LogP contribution >= 0.6 is 23.2 Å². The van der Waals surface area contributed by atoms with Crippen molar-refractivity contribution in [3.8, 4) is 5.75 Å². The Morgan fingerprint density at radius 1 is 1.00 bits per heavy atom. The number of benzene rings is 2. The SMILES string of the molecule is O=C(NCCOc1ccc(Cl)cc1)c1ccc(Cl)c(S(=O)(=O)N2CCCCCC2)c1. The first kappa shape index (κ1) is 22.9. The quantitative estimate of drug-likeness (QED) is 0.609. The van der Waals surface area contributed by atoms with Gasteiger partial charge in [-0.2, -0.15) is 4.31 Å². The van der Waals surface area contributed by atoms with Gasteiger partial charge in [0.1, 0.15) is 17.3 Å². The van der Waals surface area contributed by atoms with Crippen LogP contribution in [0.15, 0.2) is 47.4 Å². The average Bonchev–Trinajstić information content (AvgIpc) is 3.03. The van der Waals surface area contributed by atoms with E-state index in [1.54, 1.807) is 24.3 Å². The molecular weight excluding hydrogens is 447 g/mol. The highest BCUT2D eigenvalue weighted by Gasteiger charge is 2.28. The van der Waals surface area contributed by atoms with Gasteiger partial charge in [0.15, 0.2) is 0 Å². The zero-order valence-corrected chi connectivity index (χ0v) is 18.8. The summed E-state index contributed by atoms with van der Waals surface area (Å²) >= 11 is 12.0. The summed E-state index contributed by atoms with van der Waals surface area (Å²) in [5.74, 6) is 0.254. The molecule has 1 fully saturated rings. The lowest BCUT2D eigenvalue weighted by atomic mass is 10.2. The van der Waals surface area contributed by atoms with Crippen molar-refractivity contribution in [2.24, 2.45) is 0 Å². The van der Waals surface area contributed by atoms with Crippen molar-refractivity contribution < 1.29 is 17.9 Å². The highest BCUT2D eigenvalue weighted by Crippen LogP contribution is 2.27. The van der Waals surface area contributed by atoms with Crippen LogP contribution in [0.3, 0.4) is 0 Å². The number of carbonyl (C=O) groups is 1. The minimum absolute atomic E-state index is 0.0314. The minimum Gasteiger partial charge on any atom is -0.492 e. The van der Waals surface area contributed by atoms with Gasteiger partial charge in [-0.15, -0.1) is 0 Å². The maximum Gasteiger partial charge on any atom is 0.251 e. The molecule has 0 saturated carbocycles. The van der Waals surface area contributed by atoms with Crippen molar-refractivity contribution in [2.75, 3.05) is 26.2 Å². The maximum atomic E-state index is 13.1. The van der Waals surface area contributed by atoms with Gasteiger partial charge in [0.05, 0.1) is 11.6 Å². The van der Waals surface area contributed by atoms with Crippen LogP contribution in [0.2, 0.25) is 10.0 Å². The summed E-state index contributed by atoms with van der Waals surface area (Å²) in [6, 6.07) is 11.2. The van der Waals surface area contributed by atoms with E-state index in [2.05, 4.69) is 5.32 Å². The first-order valence-corrected chi connectivity index (χ1v) is 12.0. The summed E-state index contributed by atoms with van der Waals surface area (Å²) in [5.41, 5.74) is 0.235. The van der Waals surface area contributed by atoms with E-state index in [0.717, 1.165) is 25.7 Å². The smallest absolute Gasteiger partial charge is 0.251 e. The summed E-state index contributed by atoms with van der Waals surface area (Å²) in [4.78, 5) is 12.5. The first-order chi connectivity index (χ1) is 14.4. The van der Waals surface area contributed by atoms with E-state index in [1.807, 2.05) is 0 Å². The molecule has 0 spiro atoms. The molecule has 30 heavy (non-hydrogen) atoms. The lowest BCUT2D eigenvalue weighted by molar-refractivity contribution is 0.0947. The van der Waals surface area contributed by atoms with Gasteiger partial charge >= 0.3 is 0 Å². The van der Waals surface area contributed by atoms with Crippen LogP contribution in [0.4, 0.5) is 0 Å². The van der Waals surface area contributed by atoms with Crippen LogP contribution in [0.1, 0.15) is 36.0 Å². The third-order valence-electron chi connectivity index (χ3n) is 4.85. The van der Waals surface area contributed by atoms with Gasteiger partial charge in [-0.3, -0.25) is 4.79 Å². The second-order valence-electron chi connectivity index (χ2n) is 7.02. The first-order valence-electron chi connectivity index (χ1n) is 9.84. The molecule has 0 aromatic heterocycles. The summed E-state index contributed by atoms with van der Waals surface area (Å²) in [7, 11) is -3.75. The summed E-state index contributed by atoms with van der Waals surface area (Å²) in [6.07, 6.45) is 3.68. The number of nitrogens with zero attached hydrogens (tertiary/aromatic N) is 1. The fourth-order valence-electron chi connectivity index (χ4n) is 3.23. The summed E-state index contributed by atoms with van der Waals surface area (Å²) < 4.78 is 33.1. The van der Waals surface area contributed by atoms with E-state index in [1.165, 1.54) is 22.5 Å². The third-order valence-corrected chi connectivity index (χ3v) is 7.48. The average molecular weight is 471 g/mol. The number of hydrogen-bond donors (Lipinski definition) is 1. The van der Waals surface area contributed by atoms with E-state index < -0.39 is 15.9 Å². The Hall–Kier alpha value is -1.80. The van der Waals surface area contributed by atoms with Crippen molar-refractivity contribution in [1.82, 2.24) is 9.62 Å². The molecule has 0 aliphatic carbocycles. The Balaban J connectivity index is 1.63. The van der Waals surface area contributed by atoms with Crippen LogP contribution in [-0.2, 0) is 10.0 Å². The normalized spacial score (nSPS) is 15.4. The second kappa shape index (κ2) is 10.5. The lowest BCUT2D eigenvalue weighted by Gasteiger charge is -2.21. The van der Waals surface area contributed by atoms with Crippen LogP contribution in [0.25, 0.3) is 0 Å². The number of carbonyl (C=O) groups excluding carboxylic acids is 1. The molecule has 2 aromatic rings. The Labute approximate surface area is 187 Å². The van der Waals surface area contributed by atoms with Crippen LogP contribution in [-0.4, -0.2) is 44.9 Å². The van der Waals surface area contributed by atoms with Crippen molar-refractivity contribution >= 4 is 39.1 Å². The highest BCUT2D eigenvalue weighted by molar-refractivity contribution is 7.89. The van der Waals surface area contributed by atoms with Gasteiger partial charge in [0.2, 0.25) is 10.0 Å². The number of amides is 1. The standard InChI is InChI=1S/C21H24Cl2N2O4S/c22-17-6-8-18(9-7-17)29-14-11-24-21(26)16-5-10-19(23)20(15-16)30(27,28)25-12-3-1-2-4-13-25/h5-10,15H,1-4,11-14H2,(H,24,26). The largest absolute Gasteiger partial charge is 0.492 e. The van der Waals surface area contributed by atoms with E-state index in [0.29, 0.717) is 23.9 Å². The predicted molar refractivity (Wildman–Crippen MR) is 118 cm³/mol. The van der Waals surface area contributed by atoms with E-state index in [-0.39, 0.29) is 28.6 Å². The van der Waals surface area contributed by atoms with Gasteiger partial charge in [0, 0.05) is 23.7 Å². The van der Waals surface area contributed by atoms with E-state index >= 15 is 0 Å². The van der Waals surface area contributed by atoms with Crippen molar-refractivity contribution in [3.05, 3.63) is 58.1 Å². The number of hydrogen-bond acceptors (Lipinski definition) is 4. The van der Waals surface area contributed by atoms with Crippen LogP contribution < -0.4 is 10.1 Å². The topological polar surface area (TPSA) is 75.7 Å². The monoisotopic (exact) mass is 470 g/mol. The molecule has 1 aliphatic heterocycles. The number of sulfonamides is 1. The third kappa shape index (κ3) is 5.88. The molecule has 0 atom stereocenters. The Morgan fingerprint density at radius 2 is 1.67 bits per heavy atom. The Kier molecular flexibility index (Phi) is 7.99. The molecule has 0 radical (unpaired) electrons. The van der Waals surface area contributed by atoms with Gasteiger partial charge in [-0.05, 0) is 55.3 Å². The molecule has 3 rings (SSSR count). The van der Waals surface area contributed by atoms with Gasteiger partial charge in [-0.25, -0.2) is 8.42 Å². The van der Waals surface area contributed by atoms with Crippen molar-refractivity contribution in [2.45, 2.75) is 30.6 Å². The van der Waals surface area contributed by atoms with Gasteiger partial charge < -0.3 is 10.1 Å². The predicted octanol–water partition coefficient (Wildman–Crippen LogP) is 4.37. The highest BCUT2D eigenvalue weighted by atomic mass is 35.5. The molecule has 1 amide bonds. The summed E-state index contributed by atoms with van der Waals surface area (Å²) in [5, 5.41) is 3.45. The number of nitrogens with one attached hydrogen (secondary N) is 1. The Morgan fingerprint density at radius 3 is 2.33 bits per heavy atom. The lowest BCUT2D eigenvalue weighted by Crippen LogP contribution is -2.32. The van der Waals surface area contributed by atoms with E-state index in [4.69, 9.17) is 27.9 Å². The van der Waals surface area contributed by atoms with Crippen LogP contribution in [0, 0.1) is 0 Å². The minimum atomic E-state index is -3.75. The fourth-order valence-corrected chi connectivity index (χ4v) is 5.37. The number of ether oxygens (including phenoxy) is 1. The Bertz CT molecular complexity index is 973. The van der Waals surface area contributed by atoms with Crippen molar-refractivity contribution in [1.29, 1.82) is 0 Å². The molecule has 1 saturated heterocycles. The molecule has 1 N–H and O–H groups in total. The van der Waals surface area contributed by atoms with Gasteiger partial charge in [0.25, 0.3) is 5.91 Å². The molecule has 1 aliphatic rings. The molecule has 1 heterocycles. The molecule has 0 bridgehead atoms. The molecule has 162 valence electrons. The van der Waals surface area contributed by atoms with Gasteiger partial charge in [-0.1, -0.05) is 36.0 Å². The zero-order chi connectivity index (χ0) is 21.6. The maximum absolute atomic E-state index is 13.1. The molecule has 6 nitrogen and oxygen atoms in total. The summed E-state index contributed by atoms with van der Waals surface area (Å²) in [6.45, 7) is 1.46. The number of rotatable bonds is 7. The molecule has 0 unspecified atom stereocenters. The van der Waals surface area contributed by atoms with Crippen molar-refractivity contribution in [3.63, 3.8) is 0 Å². The number of halogens is 2. The van der Waals surface area contributed by atoms with E-state index in [9.17, 15) is 13.2 Å². The second-order valence-corrected chi connectivity index (χ2v) is 9.77. The molecular formula is C21H24Cl2N2O4S. The van der Waals surface area contributed by atoms with Crippen LogP contribution in [0.5, 0.6) is 5.75 Å². The zero-order valence-electron chi connectivity index (χ0n) is 16.4. The molecule has 9 heteroatoms.